The third-order valence-corrected chi connectivity index (χ3v) is 4.88. The molecule has 0 aliphatic carbocycles. The molecule has 2 aliphatic heterocycles. The van der Waals surface area contributed by atoms with Crippen molar-refractivity contribution in [1.82, 2.24) is 25.1 Å². The number of H-pyrrole nitrogens is 1. The lowest BCUT2D eigenvalue weighted by molar-refractivity contribution is 0.116. The third-order valence-electron chi connectivity index (χ3n) is 4.88. The molecule has 22 heavy (non-hydrogen) atoms. The fourth-order valence-electron chi connectivity index (χ4n) is 3.72. The monoisotopic (exact) mass is 302 g/mol. The van der Waals surface area contributed by atoms with E-state index in [-0.39, 0.29) is 6.10 Å². The Hall–Kier alpha value is -1.73. The molecule has 0 aromatic carbocycles. The maximum atomic E-state index is 5.62. The average Bonchev–Trinajstić information content (AvgIpc) is 3.27. The lowest BCUT2D eigenvalue weighted by Gasteiger charge is -2.29. The molecule has 2 fully saturated rings. The largest absolute Gasteiger partial charge is 0.380 e. The molecule has 7 heteroatoms. The minimum Gasteiger partial charge on any atom is -0.380 e. The number of aromatic amines is 1. The SMILES string of the molecule is CO[C@H]1C[C@@H](CN2CCCC2)N(c2ncnc3[nH]ncc23)C1. The average molecular weight is 302 g/mol. The summed E-state index contributed by atoms with van der Waals surface area (Å²) in [6, 6.07) is 0.441. The number of hydrogen-bond acceptors (Lipinski definition) is 6. The number of nitrogens with one attached hydrogen (secondary N) is 1. The summed E-state index contributed by atoms with van der Waals surface area (Å²) < 4.78 is 5.62. The predicted octanol–water partition coefficient (Wildman–Crippen LogP) is 1.04. The summed E-state index contributed by atoms with van der Waals surface area (Å²) in [4.78, 5) is 13.7. The molecule has 2 saturated heterocycles. The van der Waals surface area contributed by atoms with Crippen molar-refractivity contribution in [2.45, 2.75) is 31.4 Å². The highest BCUT2D eigenvalue weighted by Crippen LogP contribution is 2.30. The van der Waals surface area contributed by atoms with E-state index >= 15 is 0 Å². The van der Waals surface area contributed by atoms with E-state index in [2.05, 4.69) is 30.0 Å². The molecule has 0 spiro atoms. The van der Waals surface area contributed by atoms with Crippen LogP contribution in [0.2, 0.25) is 0 Å². The van der Waals surface area contributed by atoms with Gasteiger partial charge in [-0.25, -0.2) is 9.97 Å². The van der Waals surface area contributed by atoms with Crippen LogP contribution in [0.3, 0.4) is 0 Å². The van der Waals surface area contributed by atoms with E-state index in [1.165, 1.54) is 25.9 Å². The van der Waals surface area contributed by atoms with Gasteiger partial charge in [0.1, 0.15) is 12.1 Å². The fraction of sp³-hybridized carbons (Fsp3) is 0.667. The van der Waals surface area contributed by atoms with E-state index in [9.17, 15) is 0 Å². The number of methoxy groups -OCH3 is 1. The van der Waals surface area contributed by atoms with Crippen molar-refractivity contribution in [3.63, 3.8) is 0 Å². The lowest BCUT2D eigenvalue weighted by Crippen LogP contribution is -2.39. The van der Waals surface area contributed by atoms with E-state index < -0.39 is 0 Å². The van der Waals surface area contributed by atoms with Crippen LogP contribution < -0.4 is 4.90 Å². The zero-order valence-corrected chi connectivity index (χ0v) is 12.9. The normalized spacial score (nSPS) is 26.3. The standard InChI is InChI=1S/C15H22N6O/c1-22-12-6-11(8-20-4-2-3-5-20)21(9-12)15-13-7-18-19-14(13)16-10-17-15/h7,10-12H,2-6,8-9H2,1H3,(H,16,17,18,19)/t11-,12-/m0/s1. The van der Waals surface area contributed by atoms with Crippen LogP contribution in [-0.2, 0) is 4.74 Å². The van der Waals surface area contributed by atoms with Gasteiger partial charge in [0.05, 0.1) is 17.7 Å². The van der Waals surface area contributed by atoms with Crippen LogP contribution >= 0.6 is 0 Å². The third kappa shape index (κ3) is 2.44. The maximum Gasteiger partial charge on any atom is 0.160 e. The minimum atomic E-state index is 0.268. The molecule has 2 aliphatic rings. The van der Waals surface area contributed by atoms with Gasteiger partial charge < -0.3 is 14.5 Å². The Balaban J connectivity index is 1.63. The number of aromatic nitrogens is 4. The van der Waals surface area contributed by atoms with Crippen molar-refractivity contribution in [2.24, 2.45) is 0 Å². The first-order valence-electron chi connectivity index (χ1n) is 8.01. The Kier molecular flexibility index (Phi) is 3.67. The molecule has 4 rings (SSSR count). The summed E-state index contributed by atoms with van der Waals surface area (Å²) in [7, 11) is 1.80. The van der Waals surface area contributed by atoms with Crippen LogP contribution in [-0.4, -0.2) is 70.5 Å². The van der Waals surface area contributed by atoms with Crippen LogP contribution in [0.15, 0.2) is 12.5 Å². The molecule has 0 unspecified atom stereocenters. The Labute approximate surface area is 129 Å². The number of likely N-dealkylation sites (tertiary alicyclic amines) is 1. The highest BCUT2D eigenvalue weighted by molar-refractivity contribution is 5.86. The number of nitrogens with zero attached hydrogens (tertiary/aromatic N) is 5. The van der Waals surface area contributed by atoms with Crippen LogP contribution in [0.1, 0.15) is 19.3 Å². The molecule has 0 amide bonds. The number of anilines is 1. The molecular formula is C15H22N6O. The molecule has 0 saturated carbocycles. The first-order valence-corrected chi connectivity index (χ1v) is 8.01. The Bertz CT molecular complexity index is 638. The van der Waals surface area contributed by atoms with Gasteiger partial charge >= 0.3 is 0 Å². The highest BCUT2D eigenvalue weighted by atomic mass is 16.5. The van der Waals surface area contributed by atoms with Crippen molar-refractivity contribution in [2.75, 3.05) is 38.2 Å². The van der Waals surface area contributed by atoms with Gasteiger partial charge in [-0.15, -0.1) is 0 Å². The Morgan fingerprint density at radius 3 is 3.00 bits per heavy atom. The molecule has 0 bridgehead atoms. The van der Waals surface area contributed by atoms with E-state index in [0.29, 0.717) is 6.04 Å². The van der Waals surface area contributed by atoms with E-state index in [1.807, 2.05) is 6.20 Å². The van der Waals surface area contributed by atoms with Gasteiger partial charge in [-0.05, 0) is 32.4 Å². The van der Waals surface area contributed by atoms with Gasteiger partial charge in [-0.1, -0.05) is 0 Å². The van der Waals surface area contributed by atoms with Crippen LogP contribution in [0.5, 0.6) is 0 Å². The topological polar surface area (TPSA) is 70.2 Å². The van der Waals surface area contributed by atoms with Gasteiger partial charge in [0, 0.05) is 26.2 Å². The maximum absolute atomic E-state index is 5.62. The molecule has 2 aromatic heterocycles. The van der Waals surface area contributed by atoms with E-state index in [1.54, 1.807) is 13.4 Å². The molecule has 0 radical (unpaired) electrons. The second kappa shape index (κ2) is 5.81. The summed E-state index contributed by atoms with van der Waals surface area (Å²) in [5.74, 6) is 0.975. The van der Waals surface area contributed by atoms with Crippen molar-refractivity contribution in [3.05, 3.63) is 12.5 Å². The first-order chi connectivity index (χ1) is 10.8. The van der Waals surface area contributed by atoms with E-state index in [4.69, 9.17) is 4.74 Å². The van der Waals surface area contributed by atoms with Crippen molar-refractivity contribution < 1.29 is 4.74 Å². The van der Waals surface area contributed by atoms with Crippen LogP contribution in [0.4, 0.5) is 5.82 Å². The molecule has 2 aromatic rings. The zero-order valence-electron chi connectivity index (χ0n) is 12.9. The first kappa shape index (κ1) is 13.9. The Morgan fingerprint density at radius 1 is 1.32 bits per heavy atom. The summed E-state index contributed by atoms with van der Waals surface area (Å²) >= 11 is 0. The van der Waals surface area contributed by atoms with Crippen LogP contribution in [0, 0.1) is 0 Å². The number of ether oxygens (including phenoxy) is 1. The predicted molar refractivity (Wildman–Crippen MR) is 83.9 cm³/mol. The molecule has 4 heterocycles. The summed E-state index contributed by atoms with van der Waals surface area (Å²) in [6.45, 7) is 4.40. The second-order valence-electron chi connectivity index (χ2n) is 6.24. The van der Waals surface area contributed by atoms with Gasteiger partial charge in [0.25, 0.3) is 0 Å². The molecular weight excluding hydrogens is 280 g/mol. The van der Waals surface area contributed by atoms with Crippen LogP contribution in [0.25, 0.3) is 11.0 Å². The second-order valence-corrected chi connectivity index (χ2v) is 6.24. The lowest BCUT2D eigenvalue weighted by atomic mass is 10.2. The minimum absolute atomic E-state index is 0.268. The smallest absolute Gasteiger partial charge is 0.160 e. The summed E-state index contributed by atoms with van der Waals surface area (Å²) in [5, 5.41) is 8.02. The van der Waals surface area contributed by atoms with Crippen molar-refractivity contribution >= 4 is 16.9 Å². The van der Waals surface area contributed by atoms with Crippen molar-refractivity contribution in [3.8, 4) is 0 Å². The number of fused-ring (bicyclic) bond motifs is 1. The highest BCUT2D eigenvalue weighted by Gasteiger charge is 2.35. The van der Waals surface area contributed by atoms with Gasteiger partial charge in [-0.2, -0.15) is 5.10 Å². The molecule has 118 valence electrons. The molecule has 1 N–H and O–H groups in total. The quantitative estimate of drug-likeness (QED) is 0.910. The number of rotatable bonds is 4. The summed E-state index contributed by atoms with van der Waals surface area (Å²) in [6.07, 6.45) is 7.39. The fourth-order valence-corrected chi connectivity index (χ4v) is 3.72. The molecule has 7 nitrogen and oxygen atoms in total. The summed E-state index contributed by atoms with van der Waals surface area (Å²) in [5.41, 5.74) is 0.797. The Morgan fingerprint density at radius 2 is 2.18 bits per heavy atom. The number of hydrogen-bond donors (Lipinski definition) is 1. The zero-order chi connectivity index (χ0) is 14.9. The van der Waals surface area contributed by atoms with E-state index in [0.717, 1.165) is 36.4 Å². The van der Waals surface area contributed by atoms with Gasteiger partial charge in [0.15, 0.2) is 5.65 Å². The molecule has 2 atom stereocenters. The van der Waals surface area contributed by atoms with Gasteiger partial charge in [0.2, 0.25) is 0 Å². The van der Waals surface area contributed by atoms with Crippen molar-refractivity contribution in [1.29, 1.82) is 0 Å². The van der Waals surface area contributed by atoms with Gasteiger partial charge in [-0.3, -0.25) is 5.10 Å².